The van der Waals surface area contributed by atoms with E-state index in [0.717, 1.165) is 12.8 Å². The number of nitrogens with one attached hydrogen (secondary N) is 2. The SMILES string of the molecule is CNS(=O)(=O)N1CCCCC1C(=N)N. The minimum atomic E-state index is -3.45. The summed E-state index contributed by atoms with van der Waals surface area (Å²) < 4.78 is 26.6. The van der Waals surface area contributed by atoms with E-state index in [2.05, 4.69) is 4.72 Å². The Kier molecular flexibility index (Phi) is 3.46. The maximum atomic E-state index is 11.5. The predicted molar refractivity (Wildman–Crippen MR) is 54.2 cm³/mol. The van der Waals surface area contributed by atoms with Gasteiger partial charge in [0.2, 0.25) is 0 Å². The van der Waals surface area contributed by atoms with Crippen LogP contribution in [-0.4, -0.2) is 38.2 Å². The van der Waals surface area contributed by atoms with E-state index >= 15 is 0 Å². The summed E-state index contributed by atoms with van der Waals surface area (Å²) in [6.07, 6.45) is 2.38. The fraction of sp³-hybridized carbons (Fsp3) is 0.857. The molecule has 0 aromatic heterocycles. The standard InChI is InChI=1S/C7H16N4O2S/c1-10-14(12,13)11-5-3-2-4-6(11)7(8)9/h6,10H,2-5H2,1H3,(H3,8,9). The van der Waals surface area contributed by atoms with E-state index in [1.54, 1.807) is 0 Å². The van der Waals surface area contributed by atoms with Gasteiger partial charge in [0.25, 0.3) is 10.2 Å². The molecule has 7 heteroatoms. The summed E-state index contributed by atoms with van der Waals surface area (Å²) in [5.74, 6) is -0.0801. The van der Waals surface area contributed by atoms with Crippen molar-refractivity contribution in [2.45, 2.75) is 25.3 Å². The molecule has 0 amide bonds. The molecule has 1 aliphatic heterocycles. The molecule has 82 valence electrons. The van der Waals surface area contributed by atoms with E-state index in [0.29, 0.717) is 13.0 Å². The number of nitrogens with two attached hydrogens (primary N) is 1. The fourth-order valence-corrected chi connectivity index (χ4v) is 2.78. The molecule has 0 spiro atoms. The lowest BCUT2D eigenvalue weighted by molar-refractivity contribution is 0.301. The number of nitrogens with zero attached hydrogens (tertiary/aromatic N) is 1. The van der Waals surface area contributed by atoms with Gasteiger partial charge in [0.05, 0.1) is 6.04 Å². The highest BCUT2D eigenvalue weighted by atomic mass is 32.2. The predicted octanol–water partition coefficient (Wildman–Crippen LogP) is -0.759. The monoisotopic (exact) mass is 220 g/mol. The molecule has 1 atom stereocenters. The first kappa shape index (κ1) is 11.4. The van der Waals surface area contributed by atoms with Crippen LogP contribution in [0.3, 0.4) is 0 Å². The lowest BCUT2D eigenvalue weighted by atomic mass is 10.0. The Morgan fingerprint density at radius 3 is 2.71 bits per heavy atom. The largest absolute Gasteiger partial charge is 0.386 e. The number of hydrogen-bond donors (Lipinski definition) is 3. The zero-order valence-corrected chi connectivity index (χ0v) is 8.97. The molecule has 1 saturated heterocycles. The van der Waals surface area contributed by atoms with Gasteiger partial charge in [-0.2, -0.15) is 12.7 Å². The van der Waals surface area contributed by atoms with Crippen molar-refractivity contribution in [3.8, 4) is 0 Å². The summed E-state index contributed by atoms with van der Waals surface area (Å²) in [6, 6.07) is -0.471. The van der Waals surface area contributed by atoms with E-state index in [9.17, 15) is 8.42 Å². The van der Waals surface area contributed by atoms with E-state index in [1.807, 2.05) is 0 Å². The molecule has 1 rings (SSSR count). The number of piperidine rings is 1. The van der Waals surface area contributed by atoms with Gasteiger partial charge in [-0.25, -0.2) is 4.72 Å². The van der Waals surface area contributed by atoms with Crippen molar-refractivity contribution < 1.29 is 8.42 Å². The summed E-state index contributed by atoms with van der Waals surface area (Å²) in [5, 5.41) is 7.32. The van der Waals surface area contributed by atoms with E-state index in [1.165, 1.54) is 11.4 Å². The molecular formula is C7H16N4O2S. The van der Waals surface area contributed by atoms with Gasteiger partial charge in [-0.05, 0) is 12.8 Å². The Bertz CT molecular complexity index is 314. The molecular weight excluding hydrogens is 204 g/mol. The van der Waals surface area contributed by atoms with Gasteiger partial charge in [0.1, 0.15) is 5.84 Å². The van der Waals surface area contributed by atoms with Crippen LogP contribution in [0.25, 0.3) is 0 Å². The molecule has 1 aliphatic rings. The van der Waals surface area contributed by atoms with Crippen molar-refractivity contribution >= 4 is 16.0 Å². The van der Waals surface area contributed by atoms with E-state index < -0.39 is 16.3 Å². The summed E-state index contributed by atoms with van der Waals surface area (Å²) in [6.45, 7) is 0.438. The molecule has 1 fully saturated rings. The molecule has 1 heterocycles. The van der Waals surface area contributed by atoms with Crippen molar-refractivity contribution in [1.29, 1.82) is 5.41 Å². The Morgan fingerprint density at radius 2 is 2.21 bits per heavy atom. The van der Waals surface area contributed by atoms with Crippen LogP contribution in [0.15, 0.2) is 0 Å². The molecule has 4 N–H and O–H groups in total. The fourth-order valence-electron chi connectivity index (χ4n) is 1.62. The summed E-state index contributed by atoms with van der Waals surface area (Å²) in [4.78, 5) is 0. The van der Waals surface area contributed by atoms with Crippen molar-refractivity contribution in [2.75, 3.05) is 13.6 Å². The number of rotatable bonds is 3. The lowest BCUT2D eigenvalue weighted by Gasteiger charge is -2.33. The van der Waals surface area contributed by atoms with Crippen LogP contribution in [0.5, 0.6) is 0 Å². The van der Waals surface area contributed by atoms with Crippen LogP contribution >= 0.6 is 0 Å². The maximum Gasteiger partial charge on any atom is 0.279 e. The van der Waals surface area contributed by atoms with Gasteiger partial charge in [0, 0.05) is 13.6 Å². The Balaban J connectivity index is 2.88. The zero-order chi connectivity index (χ0) is 10.8. The van der Waals surface area contributed by atoms with Gasteiger partial charge in [-0.3, -0.25) is 5.41 Å². The van der Waals surface area contributed by atoms with Gasteiger partial charge < -0.3 is 5.73 Å². The van der Waals surface area contributed by atoms with Crippen molar-refractivity contribution in [1.82, 2.24) is 9.03 Å². The molecule has 1 unspecified atom stereocenters. The topological polar surface area (TPSA) is 99.3 Å². The molecule has 0 radical (unpaired) electrons. The molecule has 0 saturated carbocycles. The quantitative estimate of drug-likeness (QED) is 0.430. The molecule has 0 bridgehead atoms. The minimum absolute atomic E-state index is 0.0801. The summed E-state index contributed by atoms with van der Waals surface area (Å²) >= 11 is 0. The molecule has 14 heavy (non-hydrogen) atoms. The van der Waals surface area contributed by atoms with Crippen molar-refractivity contribution in [3.63, 3.8) is 0 Å². The maximum absolute atomic E-state index is 11.5. The normalized spacial score (nSPS) is 24.8. The van der Waals surface area contributed by atoms with Gasteiger partial charge in [-0.15, -0.1) is 0 Å². The zero-order valence-electron chi connectivity index (χ0n) is 8.16. The highest BCUT2D eigenvalue weighted by Crippen LogP contribution is 2.19. The second kappa shape index (κ2) is 4.24. The molecule has 6 nitrogen and oxygen atoms in total. The van der Waals surface area contributed by atoms with Crippen LogP contribution in [0.2, 0.25) is 0 Å². The van der Waals surface area contributed by atoms with Gasteiger partial charge in [-0.1, -0.05) is 6.42 Å². The van der Waals surface area contributed by atoms with Crippen LogP contribution in [0, 0.1) is 5.41 Å². The third-order valence-electron chi connectivity index (χ3n) is 2.38. The van der Waals surface area contributed by atoms with Gasteiger partial charge in [0.15, 0.2) is 0 Å². The third kappa shape index (κ3) is 2.23. The first-order valence-electron chi connectivity index (χ1n) is 4.53. The smallest absolute Gasteiger partial charge is 0.279 e. The first-order chi connectivity index (χ1) is 6.49. The lowest BCUT2D eigenvalue weighted by Crippen LogP contribution is -2.53. The number of amidine groups is 1. The van der Waals surface area contributed by atoms with E-state index in [-0.39, 0.29) is 5.84 Å². The minimum Gasteiger partial charge on any atom is -0.386 e. The van der Waals surface area contributed by atoms with Crippen molar-refractivity contribution in [3.05, 3.63) is 0 Å². The van der Waals surface area contributed by atoms with E-state index in [4.69, 9.17) is 11.1 Å². The average molecular weight is 220 g/mol. The molecule has 0 aromatic rings. The Morgan fingerprint density at radius 1 is 1.57 bits per heavy atom. The van der Waals surface area contributed by atoms with Crippen molar-refractivity contribution in [2.24, 2.45) is 5.73 Å². The van der Waals surface area contributed by atoms with Crippen LogP contribution in [0.4, 0.5) is 0 Å². The number of hydrogen-bond acceptors (Lipinski definition) is 3. The molecule has 0 aliphatic carbocycles. The second-order valence-corrected chi connectivity index (χ2v) is 5.11. The van der Waals surface area contributed by atoms with Crippen LogP contribution in [-0.2, 0) is 10.2 Å². The second-order valence-electron chi connectivity index (χ2n) is 3.29. The highest BCUT2D eigenvalue weighted by molar-refractivity contribution is 7.87. The Labute approximate surface area is 84.2 Å². The molecule has 0 aromatic carbocycles. The van der Waals surface area contributed by atoms with Gasteiger partial charge >= 0.3 is 0 Å². The first-order valence-corrected chi connectivity index (χ1v) is 5.97. The highest BCUT2D eigenvalue weighted by Gasteiger charge is 2.32. The average Bonchev–Trinajstić information content (AvgIpc) is 2.18. The van der Waals surface area contributed by atoms with Crippen LogP contribution in [0.1, 0.15) is 19.3 Å². The summed E-state index contributed by atoms with van der Waals surface area (Å²) in [5.41, 5.74) is 5.36. The Hall–Kier alpha value is -0.660. The third-order valence-corrected chi connectivity index (χ3v) is 3.95. The summed E-state index contributed by atoms with van der Waals surface area (Å²) in [7, 11) is -2.09. The van der Waals surface area contributed by atoms with Crippen LogP contribution < -0.4 is 10.5 Å².